The number of hydrogen-bond donors (Lipinski definition) is 2. The zero-order valence-corrected chi connectivity index (χ0v) is 17.1. The molecule has 8 nitrogen and oxygen atoms in total. The summed E-state index contributed by atoms with van der Waals surface area (Å²) < 4.78 is 6.79. The highest BCUT2D eigenvalue weighted by atomic mass is 16.5. The van der Waals surface area contributed by atoms with Gasteiger partial charge in [0, 0.05) is 24.6 Å². The van der Waals surface area contributed by atoms with E-state index in [-0.39, 0.29) is 5.56 Å². The Balaban J connectivity index is 1.55. The molecule has 0 radical (unpaired) electrons. The van der Waals surface area contributed by atoms with Gasteiger partial charge < -0.3 is 15.2 Å². The molecular formula is C22H22N6O2. The molecule has 0 aliphatic carbocycles. The van der Waals surface area contributed by atoms with E-state index in [1.807, 2.05) is 19.9 Å². The van der Waals surface area contributed by atoms with E-state index in [0.717, 1.165) is 30.8 Å². The molecule has 0 atom stereocenters. The second-order valence-corrected chi connectivity index (χ2v) is 7.65. The first-order chi connectivity index (χ1) is 14.5. The van der Waals surface area contributed by atoms with Crippen molar-refractivity contribution in [1.82, 2.24) is 25.0 Å². The number of anilines is 2. The smallest absolute Gasteiger partial charge is 0.266 e. The summed E-state index contributed by atoms with van der Waals surface area (Å²) >= 11 is 0. The number of aryl methyl sites for hydroxylation is 3. The van der Waals surface area contributed by atoms with Crippen LogP contribution in [0.4, 0.5) is 11.6 Å². The average Bonchev–Trinajstić information content (AvgIpc) is 3.08. The third kappa shape index (κ3) is 3.05. The largest absolute Gasteiger partial charge is 0.359 e. The Morgan fingerprint density at radius 2 is 2.07 bits per heavy atom. The van der Waals surface area contributed by atoms with Gasteiger partial charge in [-0.05, 0) is 62.6 Å². The first kappa shape index (κ1) is 18.5. The Morgan fingerprint density at radius 1 is 1.20 bits per heavy atom. The van der Waals surface area contributed by atoms with Crippen LogP contribution in [0.5, 0.6) is 0 Å². The van der Waals surface area contributed by atoms with E-state index in [1.165, 1.54) is 11.1 Å². The maximum absolute atomic E-state index is 13.1. The van der Waals surface area contributed by atoms with Crippen molar-refractivity contribution in [3.05, 3.63) is 69.1 Å². The maximum atomic E-state index is 13.1. The number of rotatable bonds is 3. The summed E-state index contributed by atoms with van der Waals surface area (Å²) in [5.41, 5.74) is 6.20. The van der Waals surface area contributed by atoms with Gasteiger partial charge in [0.1, 0.15) is 11.4 Å². The summed E-state index contributed by atoms with van der Waals surface area (Å²) in [5.74, 6) is 1.05. The quantitative estimate of drug-likeness (QED) is 0.543. The van der Waals surface area contributed by atoms with Crippen LogP contribution < -0.4 is 16.2 Å². The zero-order chi connectivity index (χ0) is 20.8. The molecule has 152 valence electrons. The van der Waals surface area contributed by atoms with Crippen LogP contribution >= 0.6 is 0 Å². The van der Waals surface area contributed by atoms with Crippen LogP contribution in [0.1, 0.15) is 28.1 Å². The van der Waals surface area contributed by atoms with Crippen molar-refractivity contribution in [3.8, 4) is 5.69 Å². The van der Waals surface area contributed by atoms with E-state index in [4.69, 9.17) is 4.52 Å². The predicted octanol–water partition coefficient (Wildman–Crippen LogP) is 3.08. The summed E-state index contributed by atoms with van der Waals surface area (Å²) in [5, 5.41) is 11.1. The first-order valence-electron chi connectivity index (χ1n) is 9.93. The SMILES string of the molecule is Cc1noc(C)c1-n1cc(C)c2nc(Nc3ccc4c(c3)CNCC4)ncc2c1=O. The number of hydrogen-bond acceptors (Lipinski definition) is 7. The van der Waals surface area contributed by atoms with Crippen LogP contribution in [0.3, 0.4) is 0 Å². The third-order valence-corrected chi connectivity index (χ3v) is 5.52. The van der Waals surface area contributed by atoms with Crippen molar-refractivity contribution in [2.24, 2.45) is 0 Å². The predicted molar refractivity (Wildman–Crippen MR) is 115 cm³/mol. The van der Waals surface area contributed by atoms with E-state index in [9.17, 15) is 4.79 Å². The van der Waals surface area contributed by atoms with Gasteiger partial charge in [0.25, 0.3) is 5.56 Å². The molecule has 1 aromatic carbocycles. The molecule has 5 rings (SSSR count). The Bertz CT molecular complexity index is 1320. The molecule has 1 aliphatic heterocycles. The van der Waals surface area contributed by atoms with E-state index >= 15 is 0 Å². The summed E-state index contributed by atoms with van der Waals surface area (Å²) in [6.07, 6.45) is 4.39. The summed E-state index contributed by atoms with van der Waals surface area (Å²) in [7, 11) is 0. The Hall–Kier alpha value is -3.52. The molecule has 4 aromatic rings. The molecule has 0 saturated carbocycles. The van der Waals surface area contributed by atoms with E-state index in [1.54, 1.807) is 23.9 Å². The van der Waals surface area contributed by atoms with Crippen molar-refractivity contribution >= 4 is 22.5 Å². The van der Waals surface area contributed by atoms with Gasteiger partial charge >= 0.3 is 0 Å². The molecule has 1 aliphatic rings. The van der Waals surface area contributed by atoms with Crippen molar-refractivity contribution in [3.63, 3.8) is 0 Å². The van der Waals surface area contributed by atoms with Crippen LogP contribution in [0.15, 0.2) is 39.9 Å². The lowest BCUT2D eigenvalue weighted by atomic mass is 10.0. The fourth-order valence-electron chi connectivity index (χ4n) is 4.02. The summed E-state index contributed by atoms with van der Waals surface area (Å²) in [6, 6.07) is 6.31. The fraction of sp³-hybridized carbons (Fsp3) is 0.273. The van der Waals surface area contributed by atoms with Crippen LogP contribution in [-0.2, 0) is 13.0 Å². The second kappa shape index (κ2) is 7.07. The van der Waals surface area contributed by atoms with Gasteiger partial charge in [0.15, 0.2) is 5.76 Å². The fourth-order valence-corrected chi connectivity index (χ4v) is 4.02. The minimum atomic E-state index is -0.198. The molecule has 4 heterocycles. The number of aromatic nitrogens is 4. The molecule has 8 heteroatoms. The Morgan fingerprint density at radius 3 is 2.87 bits per heavy atom. The summed E-state index contributed by atoms with van der Waals surface area (Å²) in [6.45, 7) is 7.41. The number of pyridine rings is 1. The van der Waals surface area contributed by atoms with Crippen molar-refractivity contribution in [2.45, 2.75) is 33.7 Å². The summed E-state index contributed by atoms with van der Waals surface area (Å²) in [4.78, 5) is 22.1. The second-order valence-electron chi connectivity index (χ2n) is 7.65. The minimum Gasteiger partial charge on any atom is -0.359 e. The molecule has 0 saturated heterocycles. The van der Waals surface area contributed by atoms with Gasteiger partial charge in [-0.15, -0.1) is 0 Å². The molecule has 0 fully saturated rings. The van der Waals surface area contributed by atoms with Gasteiger partial charge in [-0.25, -0.2) is 9.97 Å². The van der Waals surface area contributed by atoms with Crippen LogP contribution in [0, 0.1) is 20.8 Å². The van der Waals surface area contributed by atoms with Gasteiger partial charge in [0.05, 0.1) is 10.9 Å². The molecule has 2 N–H and O–H groups in total. The first-order valence-corrected chi connectivity index (χ1v) is 9.93. The Labute approximate surface area is 173 Å². The molecule has 0 bridgehead atoms. The normalized spacial score (nSPS) is 13.4. The van der Waals surface area contributed by atoms with E-state index in [2.05, 4.69) is 37.9 Å². The molecule has 3 aromatic heterocycles. The molecule has 30 heavy (non-hydrogen) atoms. The number of nitrogens with one attached hydrogen (secondary N) is 2. The molecule has 0 spiro atoms. The van der Waals surface area contributed by atoms with E-state index < -0.39 is 0 Å². The van der Waals surface area contributed by atoms with Crippen molar-refractivity contribution in [2.75, 3.05) is 11.9 Å². The minimum absolute atomic E-state index is 0.198. The van der Waals surface area contributed by atoms with Crippen molar-refractivity contribution in [1.29, 1.82) is 0 Å². The highest BCUT2D eigenvalue weighted by Gasteiger charge is 2.17. The van der Waals surface area contributed by atoms with Crippen molar-refractivity contribution < 1.29 is 4.52 Å². The highest BCUT2D eigenvalue weighted by Crippen LogP contribution is 2.23. The van der Waals surface area contributed by atoms with Crippen LogP contribution in [0.25, 0.3) is 16.6 Å². The Kier molecular flexibility index (Phi) is 4.36. The van der Waals surface area contributed by atoms with Crippen LogP contribution in [0.2, 0.25) is 0 Å². The average molecular weight is 402 g/mol. The molecule has 0 amide bonds. The monoisotopic (exact) mass is 402 g/mol. The van der Waals surface area contributed by atoms with Crippen LogP contribution in [-0.4, -0.2) is 26.2 Å². The molecular weight excluding hydrogens is 380 g/mol. The molecule has 0 unspecified atom stereocenters. The van der Waals surface area contributed by atoms with Gasteiger partial charge in [-0.3, -0.25) is 9.36 Å². The van der Waals surface area contributed by atoms with E-state index in [0.29, 0.717) is 34.0 Å². The highest BCUT2D eigenvalue weighted by molar-refractivity contribution is 5.81. The number of fused-ring (bicyclic) bond motifs is 2. The topological polar surface area (TPSA) is 97.9 Å². The number of benzene rings is 1. The zero-order valence-electron chi connectivity index (χ0n) is 17.1. The lowest BCUT2D eigenvalue weighted by molar-refractivity contribution is 0.393. The third-order valence-electron chi connectivity index (χ3n) is 5.52. The standard InChI is InChI=1S/C22H22N6O2/c1-12-11-28(20-13(2)27-30-14(20)3)21(29)18-10-24-22(26-19(12)18)25-17-5-4-15-6-7-23-9-16(15)8-17/h4-5,8,10-11,23H,6-7,9H2,1-3H3,(H,24,25,26). The number of nitrogens with zero attached hydrogens (tertiary/aromatic N) is 4. The van der Waals surface area contributed by atoms with Gasteiger partial charge in [0.2, 0.25) is 5.95 Å². The maximum Gasteiger partial charge on any atom is 0.266 e. The lowest BCUT2D eigenvalue weighted by Gasteiger charge is -2.18. The van der Waals surface area contributed by atoms with Gasteiger partial charge in [-0.1, -0.05) is 11.2 Å². The van der Waals surface area contributed by atoms with Gasteiger partial charge in [-0.2, -0.15) is 0 Å². The lowest BCUT2D eigenvalue weighted by Crippen LogP contribution is -2.23.